The van der Waals surface area contributed by atoms with E-state index < -0.39 is 0 Å². The summed E-state index contributed by atoms with van der Waals surface area (Å²) in [4.78, 5) is 12.0. The van der Waals surface area contributed by atoms with Gasteiger partial charge in [0.1, 0.15) is 5.78 Å². The molecule has 0 aliphatic rings. The molecule has 0 spiro atoms. The molecule has 0 radical (unpaired) electrons. The fraction of sp³-hybridized carbons (Fsp3) is 0.235. The molecule has 0 aromatic heterocycles. The number of benzene rings is 2. The van der Waals surface area contributed by atoms with Crippen molar-refractivity contribution in [2.45, 2.75) is 25.7 Å². The van der Waals surface area contributed by atoms with Crippen molar-refractivity contribution in [2.24, 2.45) is 0 Å². The summed E-state index contributed by atoms with van der Waals surface area (Å²) >= 11 is 7.03. The maximum absolute atomic E-state index is 12.0. The Balaban J connectivity index is 1.82. The fourth-order valence-corrected chi connectivity index (χ4v) is 3.04. The first kappa shape index (κ1) is 15.5. The summed E-state index contributed by atoms with van der Waals surface area (Å²) in [6, 6.07) is 16.1. The largest absolute Gasteiger partial charge is 0.300 e. The van der Waals surface area contributed by atoms with Crippen molar-refractivity contribution >= 4 is 37.6 Å². The van der Waals surface area contributed by atoms with Crippen molar-refractivity contribution in [3.05, 3.63) is 68.6 Å². The van der Waals surface area contributed by atoms with Gasteiger partial charge in [-0.25, -0.2) is 0 Å². The van der Waals surface area contributed by atoms with Crippen LogP contribution in [0.4, 0.5) is 0 Å². The van der Waals surface area contributed by atoms with E-state index in [4.69, 9.17) is 0 Å². The average Bonchev–Trinajstić information content (AvgIpc) is 2.45. The topological polar surface area (TPSA) is 17.1 Å². The molecule has 0 fully saturated rings. The Morgan fingerprint density at radius 2 is 1.15 bits per heavy atom. The molecule has 104 valence electrons. The lowest BCUT2D eigenvalue weighted by molar-refractivity contribution is -0.119. The van der Waals surface area contributed by atoms with Gasteiger partial charge in [-0.3, -0.25) is 4.79 Å². The highest BCUT2D eigenvalue weighted by molar-refractivity contribution is 9.10. The molecule has 0 unspecified atom stereocenters. The van der Waals surface area contributed by atoms with E-state index >= 15 is 0 Å². The normalized spacial score (nSPS) is 10.5. The van der Waals surface area contributed by atoms with Gasteiger partial charge in [-0.2, -0.15) is 0 Å². The number of ketones is 1. The summed E-state index contributed by atoms with van der Waals surface area (Å²) in [5, 5.41) is 0. The molecule has 0 N–H and O–H groups in total. The van der Waals surface area contributed by atoms with Crippen LogP contribution in [0.25, 0.3) is 0 Å². The van der Waals surface area contributed by atoms with Crippen molar-refractivity contribution in [3.8, 4) is 0 Å². The number of aryl methyl sites for hydroxylation is 2. The highest BCUT2D eigenvalue weighted by Gasteiger charge is 2.06. The zero-order valence-electron chi connectivity index (χ0n) is 11.1. The molecule has 0 atom stereocenters. The molecular weight excluding hydrogens is 380 g/mol. The third kappa shape index (κ3) is 4.57. The first-order chi connectivity index (χ1) is 9.66. The first-order valence-electron chi connectivity index (χ1n) is 6.65. The summed E-state index contributed by atoms with van der Waals surface area (Å²) in [5.41, 5.74) is 2.39. The van der Waals surface area contributed by atoms with Crippen LogP contribution in [0.1, 0.15) is 24.0 Å². The number of hydrogen-bond donors (Lipinski definition) is 0. The zero-order valence-corrected chi connectivity index (χ0v) is 14.3. The molecule has 20 heavy (non-hydrogen) atoms. The second-order valence-electron chi connectivity index (χ2n) is 4.72. The van der Waals surface area contributed by atoms with Crippen molar-refractivity contribution in [1.29, 1.82) is 0 Å². The number of rotatable bonds is 6. The van der Waals surface area contributed by atoms with Gasteiger partial charge in [0, 0.05) is 21.8 Å². The van der Waals surface area contributed by atoms with Crippen LogP contribution >= 0.6 is 31.9 Å². The van der Waals surface area contributed by atoms with Crippen LogP contribution in [-0.2, 0) is 17.6 Å². The minimum Gasteiger partial charge on any atom is -0.300 e. The summed E-state index contributed by atoms with van der Waals surface area (Å²) in [6.45, 7) is 0. The Bertz CT molecular complexity index is 542. The SMILES string of the molecule is O=C(CCc1ccccc1Br)CCc1ccccc1Br. The average molecular weight is 396 g/mol. The van der Waals surface area contributed by atoms with Gasteiger partial charge in [-0.1, -0.05) is 68.3 Å². The van der Waals surface area contributed by atoms with Crippen molar-refractivity contribution in [2.75, 3.05) is 0 Å². The quantitative estimate of drug-likeness (QED) is 0.644. The van der Waals surface area contributed by atoms with Gasteiger partial charge in [-0.05, 0) is 36.1 Å². The van der Waals surface area contributed by atoms with E-state index in [1.54, 1.807) is 0 Å². The predicted molar refractivity (Wildman–Crippen MR) is 89.9 cm³/mol. The van der Waals surface area contributed by atoms with E-state index in [0.717, 1.165) is 21.8 Å². The van der Waals surface area contributed by atoms with Gasteiger partial charge in [0.25, 0.3) is 0 Å². The summed E-state index contributed by atoms with van der Waals surface area (Å²) in [7, 11) is 0. The molecule has 0 saturated heterocycles. The lowest BCUT2D eigenvalue weighted by Crippen LogP contribution is -2.03. The second-order valence-corrected chi connectivity index (χ2v) is 6.43. The van der Waals surface area contributed by atoms with E-state index in [0.29, 0.717) is 18.6 Å². The van der Waals surface area contributed by atoms with Crippen LogP contribution in [0.2, 0.25) is 0 Å². The number of Topliss-reactive ketones (excluding diaryl/α,β-unsaturated/α-hetero) is 1. The highest BCUT2D eigenvalue weighted by atomic mass is 79.9. The molecule has 0 aliphatic heterocycles. The van der Waals surface area contributed by atoms with Crippen LogP contribution in [0, 0.1) is 0 Å². The minimum absolute atomic E-state index is 0.316. The lowest BCUT2D eigenvalue weighted by Gasteiger charge is -2.05. The lowest BCUT2D eigenvalue weighted by atomic mass is 10.0. The first-order valence-corrected chi connectivity index (χ1v) is 8.24. The Hall–Kier alpha value is -0.930. The number of carbonyl (C=O) groups is 1. The van der Waals surface area contributed by atoms with Gasteiger partial charge in [0.05, 0.1) is 0 Å². The molecule has 1 nitrogen and oxygen atoms in total. The Morgan fingerprint density at radius 1 is 0.750 bits per heavy atom. The monoisotopic (exact) mass is 394 g/mol. The molecule has 0 amide bonds. The van der Waals surface area contributed by atoms with Crippen LogP contribution in [0.3, 0.4) is 0 Å². The Kier molecular flexibility index (Phi) is 5.99. The number of carbonyl (C=O) groups excluding carboxylic acids is 1. The van der Waals surface area contributed by atoms with Crippen LogP contribution in [0.15, 0.2) is 57.5 Å². The highest BCUT2D eigenvalue weighted by Crippen LogP contribution is 2.19. The van der Waals surface area contributed by atoms with Crippen molar-refractivity contribution in [3.63, 3.8) is 0 Å². The van der Waals surface area contributed by atoms with Crippen LogP contribution < -0.4 is 0 Å². The fourth-order valence-electron chi connectivity index (χ4n) is 2.08. The predicted octanol–water partition coefficient (Wildman–Crippen LogP) is 5.35. The number of hydrogen-bond acceptors (Lipinski definition) is 1. The van der Waals surface area contributed by atoms with Gasteiger partial charge in [0.15, 0.2) is 0 Å². The van der Waals surface area contributed by atoms with E-state index in [-0.39, 0.29) is 0 Å². The maximum Gasteiger partial charge on any atom is 0.133 e. The van der Waals surface area contributed by atoms with Gasteiger partial charge < -0.3 is 0 Å². The molecule has 2 aromatic rings. The van der Waals surface area contributed by atoms with Crippen molar-refractivity contribution < 1.29 is 4.79 Å². The number of halogens is 2. The third-order valence-electron chi connectivity index (χ3n) is 3.26. The molecule has 0 heterocycles. The molecular formula is C17H16Br2O. The Morgan fingerprint density at radius 3 is 1.55 bits per heavy atom. The molecule has 2 aromatic carbocycles. The van der Waals surface area contributed by atoms with E-state index in [2.05, 4.69) is 44.0 Å². The van der Waals surface area contributed by atoms with Crippen molar-refractivity contribution in [1.82, 2.24) is 0 Å². The molecule has 0 bridgehead atoms. The molecule has 0 saturated carbocycles. The summed E-state index contributed by atoms with van der Waals surface area (Å²) < 4.78 is 2.16. The molecule has 0 aliphatic carbocycles. The van der Waals surface area contributed by atoms with Gasteiger partial charge in [0.2, 0.25) is 0 Å². The van der Waals surface area contributed by atoms with Gasteiger partial charge >= 0.3 is 0 Å². The zero-order chi connectivity index (χ0) is 14.4. The standard InChI is InChI=1S/C17H16Br2O/c18-16-7-3-1-5-13(16)9-11-15(20)12-10-14-6-2-4-8-17(14)19/h1-8H,9-12H2. The molecule has 3 heteroatoms. The van der Waals surface area contributed by atoms with Gasteiger partial charge in [-0.15, -0.1) is 0 Å². The van der Waals surface area contributed by atoms with Crippen LogP contribution in [0.5, 0.6) is 0 Å². The smallest absolute Gasteiger partial charge is 0.133 e. The summed E-state index contributed by atoms with van der Waals surface area (Å²) in [5.74, 6) is 0.316. The maximum atomic E-state index is 12.0. The Labute approximate surface area is 136 Å². The third-order valence-corrected chi connectivity index (χ3v) is 4.81. The van der Waals surface area contributed by atoms with Crippen LogP contribution in [-0.4, -0.2) is 5.78 Å². The summed E-state index contributed by atoms with van der Waals surface area (Å²) in [6.07, 6.45) is 2.81. The van der Waals surface area contributed by atoms with E-state index in [9.17, 15) is 4.79 Å². The van der Waals surface area contributed by atoms with E-state index in [1.165, 1.54) is 11.1 Å². The minimum atomic E-state index is 0.316. The second kappa shape index (κ2) is 7.75. The van der Waals surface area contributed by atoms with E-state index in [1.807, 2.05) is 36.4 Å². The molecule has 2 rings (SSSR count).